The number of sulfonamides is 1. The van der Waals surface area contributed by atoms with Crippen LogP contribution < -0.4 is 10.5 Å². The summed E-state index contributed by atoms with van der Waals surface area (Å²) in [6.45, 7) is 0. The predicted octanol–water partition coefficient (Wildman–Crippen LogP) is 3.70. The van der Waals surface area contributed by atoms with Gasteiger partial charge in [0.05, 0.1) is 21.5 Å². The molecule has 0 radical (unpaired) electrons. The van der Waals surface area contributed by atoms with Crippen LogP contribution in [-0.4, -0.2) is 14.3 Å². The van der Waals surface area contributed by atoms with Gasteiger partial charge in [-0.3, -0.25) is 4.79 Å². The highest BCUT2D eigenvalue weighted by Crippen LogP contribution is 2.23. The predicted molar refractivity (Wildman–Crippen MR) is 110 cm³/mol. The lowest BCUT2D eigenvalue weighted by Crippen LogP contribution is -2.30. The average molecular weight is 415 g/mol. The monoisotopic (exact) mass is 414 g/mol. The van der Waals surface area contributed by atoms with Gasteiger partial charge in [0.25, 0.3) is 5.91 Å². The van der Waals surface area contributed by atoms with Gasteiger partial charge in [0.15, 0.2) is 0 Å². The summed E-state index contributed by atoms with van der Waals surface area (Å²) in [5.74, 6) is -0.472. The Kier molecular flexibility index (Phi) is 6.14. The maximum absolute atomic E-state index is 12.9. The Hall–Kier alpha value is -2.67. The summed E-state index contributed by atoms with van der Waals surface area (Å²) < 4.78 is 23.2. The van der Waals surface area contributed by atoms with Crippen LogP contribution in [0.1, 0.15) is 27.5 Å². The van der Waals surface area contributed by atoms with Crippen LogP contribution >= 0.6 is 11.6 Å². The lowest BCUT2D eigenvalue weighted by atomic mass is 9.98. The van der Waals surface area contributed by atoms with Crippen LogP contribution in [0.15, 0.2) is 83.8 Å². The summed E-state index contributed by atoms with van der Waals surface area (Å²) >= 11 is 6.13. The molecule has 1 amide bonds. The highest BCUT2D eigenvalue weighted by Gasteiger charge is 2.20. The fraction of sp³-hybridized carbons (Fsp3) is 0.0952. The number of hydrogen-bond donors (Lipinski definition) is 2. The minimum atomic E-state index is -3.94. The molecule has 0 spiro atoms. The molecule has 0 aliphatic heterocycles. The molecule has 0 heterocycles. The van der Waals surface area contributed by atoms with E-state index in [2.05, 4.69) is 5.32 Å². The molecule has 0 saturated heterocycles. The minimum absolute atomic E-state index is 0.0576. The van der Waals surface area contributed by atoms with E-state index in [-0.39, 0.29) is 21.5 Å². The summed E-state index contributed by atoms with van der Waals surface area (Å²) in [6, 6.07) is 22.8. The Morgan fingerprint density at radius 3 is 2.18 bits per heavy atom. The van der Waals surface area contributed by atoms with Crippen molar-refractivity contribution in [2.75, 3.05) is 0 Å². The number of carbonyl (C=O) groups excluding carboxylic acids is 1. The first-order valence-corrected chi connectivity index (χ1v) is 10.5. The Balaban J connectivity index is 1.91. The number of primary sulfonamides is 1. The first-order valence-electron chi connectivity index (χ1n) is 8.56. The molecule has 0 bridgehead atoms. The van der Waals surface area contributed by atoms with Gasteiger partial charge >= 0.3 is 0 Å². The third-order valence-electron chi connectivity index (χ3n) is 4.30. The molecule has 7 heteroatoms. The molecule has 0 fully saturated rings. The van der Waals surface area contributed by atoms with Crippen molar-refractivity contribution in [1.29, 1.82) is 0 Å². The van der Waals surface area contributed by atoms with Crippen LogP contribution in [0.2, 0.25) is 5.02 Å². The molecule has 0 unspecified atom stereocenters. The van der Waals surface area contributed by atoms with E-state index in [1.165, 1.54) is 18.2 Å². The lowest BCUT2D eigenvalue weighted by molar-refractivity contribution is 0.0936. The third kappa shape index (κ3) is 4.98. The maximum atomic E-state index is 12.9. The molecule has 0 aliphatic rings. The number of rotatable bonds is 6. The molecule has 3 aromatic carbocycles. The second-order valence-electron chi connectivity index (χ2n) is 6.31. The van der Waals surface area contributed by atoms with E-state index < -0.39 is 15.9 Å². The van der Waals surface area contributed by atoms with Gasteiger partial charge in [-0.05, 0) is 35.7 Å². The van der Waals surface area contributed by atoms with Gasteiger partial charge < -0.3 is 5.32 Å². The number of carbonyl (C=O) groups is 1. The summed E-state index contributed by atoms with van der Waals surface area (Å²) in [6.07, 6.45) is 0.573. The summed E-state index contributed by atoms with van der Waals surface area (Å²) in [7, 11) is -3.94. The molecule has 1 atom stereocenters. The molecule has 0 saturated carbocycles. The third-order valence-corrected chi connectivity index (χ3v) is 5.54. The molecule has 0 aromatic heterocycles. The highest BCUT2D eigenvalue weighted by atomic mass is 35.5. The van der Waals surface area contributed by atoms with Crippen molar-refractivity contribution in [3.05, 3.63) is 101 Å². The topological polar surface area (TPSA) is 89.3 Å². The van der Waals surface area contributed by atoms with Crippen LogP contribution in [0.25, 0.3) is 0 Å². The second kappa shape index (κ2) is 8.56. The van der Waals surface area contributed by atoms with Gasteiger partial charge in [-0.25, -0.2) is 13.6 Å². The molecule has 3 rings (SSSR count). The molecule has 28 heavy (non-hydrogen) atoms. The lowest BCUT2D eigenvalue weighted by Gasteiger charge is -2.20. The smallest absolute Gasteiger partial charge is 0.253 e. The molecule has 144 valence electrons. The van der Waals surface area contributed by atoms with Crippen molar-refractivity contribution >= 4 is 27.5 Å². The molecule has 3 N–H and O–H groups in total. The van der Waals surface area contributed by atoms with Gasteiger partial charge in [-0.2, -0.15) is 0 Å². The second-order valence-corrected chi connectivity index (χ2v) is 8.28. The maximum Gasteiger partial charge on any atom is 0.253 e. The largest absolute Gasteiger partial charge is 0.345 e. The quantitative estimate of drug-likeness (QED) is 0.644. The minimum Gasteiger partial charge on any atom is -0.345 e. The van der Waals surface area contributed by atoms with Gasteiger partial charge in [-0.15, -0.1) is 0 Å². The van der Waals surface area contributed by atoms with Crippen LogP contribution in [0.4, 0.5) is 0 Å². The average Bonchev–Trinajstić information content (AvgIpc) is 2.68. The van der Waals surface area contributed by atoms with Crippen molar-refractivity contribution in [2.45, 2.75) is 17.4 Å². The zero-order valence-corrected chi connectivity index (χ0v) is 16.5. The van der Waals surface area contributed by atoms with Gasteiger partial charge in [0, 0.05) is 0 Å². The zero-order valence-electron chi connectivity index (χ0n) is 14.9. The van der Waals surface area contributed by atoms with Crippen molar-refractivity contribution in [3.8, 4) is 0 Å². The van der Waals surface area contributed by atoms with Crippen LogP contribution in [-0.2, 0) is 16.4 Å². The molecule has 0 aliphatic carbocycles. The van der Waals surface area contributed by atoms with Crippen LogP contribution in [0.5, 0.6) is 0 Å². The number of hydrogen-bond acceptors (Lipinski definition) is 3. The molecular formula is C21H19ClN2O3S. The number of amides is 1. The fourth-order valence-electron chi connectivity index (χ4n) is 2.88. The number of nitrogens with two attached hydrogens (primary N) is 1. The fourth-order valence-corrected chi connectivity index (χ4v) is 3.62. The number of nitrogens with one attached hydrogen (secondary N) is 1. The summed E-state index contributed by atoms with van der Waals surface area (Å²) in [5.41, 5.74) is 2.04. The van der Waals surface area contributed by atoms with E-state index in [0.717, 1.165) is 11.1 Å². The van der Waals surface area contributed by atoms with E-state index in [9.17, 15) is 13.2 Å². The Morgan fingerprint density at radius 2 is 1.57 bits per heavy atom. The number of benzene rings is 3. The Morgan fingerprint density at radius 1 is 0.964 bits per heavy atom. The van der Waals surface area contributed by atoms with Gasteiger partial charge in [-0.1, -0.05) is 72.3 Å². The molecule has 3 aromatic rings. The van der Waals surface area contributed by atoms with E-state index in [0.29, 0.717) is 6.42 Å². The van der Waals surface area contributed by atoms with Crippen LogP contribution in [0, 0.1) is 0 Å². The van der Waals surface area contributed by atoms with E-state index >= 15 is 0 Å². The van der Waals surface area contributed by atoms with E-state index in [1.54, 1.807) is 0 Å². The first-order chi connectivity index (χ1) is 13.3. The zero-order chi connectivity index (χ0) is 20.1. The van der Waals surface area contributed by atoms with Crippen molar-refractivity contribution in [2.24, 2.45) is 5.14 Å². The Labute approximate surface area is 169 Å². The van der Waals surface area contributed by atoms with Crippen molar-refractivity contribution in [3.63, 3.8) is 0 Å². The summed E-state index contributed by atoms with van der Waals surface area (Å²) in [4.78, 5) is 12.7. The van der Waals surface area contributed by atoms with Crippen molar-refractivity contribution < 1.29 is 13.2 Å². The van der Waals surface area contributed by atoms with Gasteiger partial charge in [0.2, 0.25) is 10.0 Å². The highest BCUT2D eigenvalue weighted by molar-refractivity contribution is 7.89. The van der Waals surface area contributed by atoms with Crippen LogP contribution in [0.3, 0.4) is 0 Å². The SMILES string of the molecule is NS(=O)(=O)c1ccc(Cl)c(C(=O)N[C@H](Cc2ccccc2)c2ccccc2)c1. The number of halogens is 1. The first kappa shape index (κ1) is 20.1. The van der Waals surface area contributed by atoms with E-state index in [4.69, 9.17) is 16.7 Å². The normalized spacial score (nSPS) is 12.4. The van der Waals surface area contributed by atoms with Gasteiger partial charge in [0.1, 0.15) is 0 Å². The molecule has 5 nitrogen and oxygen atoms in total. The van der Waals surface area contributed by atoms with Crippen molar-refractivity contribution in [1.82, 2.24) is 5.32 Å². The molecular weight excluding hydrogens is 396 g/mol. The van der Waals surface area contributed by atoms with E-state index in [1.807, 2.05) is 60.7 Å². The Bertz CT molecular complexity index is 1070. The standard InChI is InChI=1S/C21H19ClN2O3S/c22-19-12-11-17(28(23,26)27)14-18(19)21(25)24-20(16-9-5-2-6-10-16)13-15-7-3-1-4-8-15/h1-12,14,20H,13H2,(H,24,25)(H2,23,26,27)/t20-/m1/s1. The summed E-state index contributed by atoms with van der Waals surface area (Å²) in [5, 5.41) is 8.28.